The summed E-state index contributed by atoms with van der Waals surface area (Å²) in [6, 6.07) is 4.84. The largest absolute Gasteiger partial charge is 0.494 e. The molecular weight excluding hydrogens is 250 g/mol. The maximum absolute atomic E-state index is 5.85. The van der Waals surface area contributed by atoms with Gasteiger partial charge in [-0.3, -0.25) is 0 Å². The lowest BCUT2D eigenvalue weighted by molar-refractivity contribution is 0.254. The Hall–Kier alpha value is -1.22. The average molecular weight is 277 g/mol. The second-order valence-corrected chi connectivity index (χ2v) is 5.70. The average Bonchev–Trinajstić information content (AvgIpc) is 2.76. The summed E-state index contributed by atoms with van der Waals surface area (Å²) in [5.74, 6) is 2.03. The van der Waals surface area contributed by atoms with Gasteiger partial charge in [0, 0.05) is 30.1 Å². The summed E-state index contributed by atoms with van der Waals surface area (Å²) >= 11 is 0. The minimum atomic E-state index is 0.279. The molecule has 0 spiro atoms. The van der Waals surface area contributed by atoms with Gasteiger partial charge in [0.15, 0.2) is 0 Å². The van der Waals surface area contributed by atoms with E-state index in [4.69, 9.17) is 9.47 Å². The van der Waals surface area contributed by atoms with Gasteiger partial charge in [-0.25, -0.2) is 0 Å². The standard InChI is InChI=1S/C17H27NO2/c1-5-7-12(3)18-11-15-10-17-14(8-13(4)20-17)9-16(15)19-6-2/h9-10,12-13,18H,5-8,11H2,1-4H3. The molecule has 1 aromatic rings. The van der Waals surface area contributed by atoms with Crippen molar-refractivity contribution in [2.24, 2.45) is 0 Å². The van der Waals surface area contributed by atoms with E-state index >= 15 is 0 Å². The van der Waals surface area contributed by atoms with Crippen molar-refractivity contribution in [1.82, 2.24) is 5.32 Å². The predicted octanol–water partition coefficient (Wildman–Crippen LogP) is 3.69. The van der Waals surface area contributed by atoms with E-state index < -0.39 is 0 Å². The molecule has 1 aliphatic heterocycles. The molecule has 0 amide bonds. The molecule has 3 nitrogen and oxygen atoms in total. The molecule has 3 heteroatoms. The topological polar surface area (TPSA) is 30.5 Å². The van der Waals surface area contributed by atoms with Crippen molar-refractivity contribution in [2.75, 3.05) is 6.61 Å². The molecule has 0 saturated carbocycles. The van der Waals surface area contributed by atoms with Crippen molar-refractivity contribution in [3.63, 3.8) is 0 Å². The third-order valence-electron chi connectivity index (χ3n) is 3.74. The number of benzene rings is 1. The molecule has 0 aliphatic carbocycles. The maximum atomic E-state index is 5.85. The lowest BCUT2D eigenvalue weighted by Crippen LogP contribution is -2.25. The molecule has 1 N–H and O–H groups in total. The summed E-state index contributed by atoms with van der Waals surface area (Å²) in [6.45, 7) is 10.1. The van der Waals surface area contributed by atoms with Gasteiger partial charge in [0.1, 0.15) is 17.6 Å². The molecular formula is C17H27NO2. The van der Waals surface area contributed by atoms with Crippen LogP contribution in [0.3, 0.4) is 0 Å². The first-order chi connectivity index (χ1) is 9.63. The fourth-order valence-electron chi connectivity index (χ4n) is 2.73. The molecule has 112 valence electrons. The summed E-state index contributed by atoms with van der Waals surface area (Å²) in [5, 5.41) is 3.57. The van der Waals surface area contributed by atoms with Gasteiger partial charge in [-0.05, 0) is 39.3 Å². The Labute approximate surface area is 122 Å². The Bertz CT molecular complexity index is 445. The Morgan fingerprint density at radius 1 is 1.40 bits per heavy atom. The van der Waals surface area contributed by atoms with E-state index in [9.17, 15) is 0 Å². The van der Waals surface area contributed by atoms with E-state index in [1.165, 1.54) is 24.0 Å². The molecule has 1 aliphatic rings. The quantitative estimate of drug-likeness (QED) is 0.824. The number of hydrogen-bond donors (Lipinski definition) is 1. The highest BCUT2D eigenvalue weighted by atomic mass is 16.5. The lowest BCUT2D eigenvalue weighted by atomic mass is 10.1. The highest BCUT2D eigenvalue weighted by molar-refractivity contribution is 5.48. The van der Waals surface area contributed by atoms with Crippen molar-refractivity contribution >= 4 is 0 Å². The van der Waals surface area contributed by atoms with Crippen LogP contribution in [0.15, 0.2) is 12.1 Å². The Morgan fingerprint density at radius 3 is 2.90 bits per heavy atom. The highest BCUT2D eigenvalue weighted by Gasteiger charge is 2.21. The van der Waals surface area contributed by atoms with Gasteiger partial charge in [0.25, 0.3) is 0 Å². The third-order valence-corrected chi connectivity index (χ3v) is 3.74. The molecule has 2 rings (SSSR count). The molecule has 0 aromatic heterocycles. The fourth-order valence-corrected chi connectivity index (χ4v) is 2.73. The van der Waals surface area contributed by atoms with E-state index in [0.29, 0.717) is 12.6 Å². The number of fused-ring (bicyclic) bond motifs is 1. The summed E-state index contributed by atoms with van der Waals surface area (Å²) in [6.07, 6.45) is 3.66. The first kappa shape index (κ1) is 15.2. The van der Waals surface area contributed by atoms with E-state index in [2.05, 4.69) is 38.2 Å². The first-order valence-corrected chi connectivity index (χ1v) is 7.82. The third kappa shape index (κ3) is 3.66. The molecule has 2 unspecified atom stereocenters. The van der Waals surface area contributed by atoms with Crippen LogP contribution >= 0.6 is 0 Å². The highest BCUT2D eigenvalue weighted by Crippen LogP contribution is 2.35. The number of nitrogens with one attached hydrogen (secondary N) is 1. The number of ether oxygens (including phenoxy) is 2. The summed E-state index contributed by atoms with van der Waals surface area (Å²) in [5.41, 5.74) is 2.47. The minimum absolute atomic E-state index is 0.279. The zero-order valence-corrected chi connectivity index (χ0v) is 13.2. The second kappa shape index (κ2) is 6.98. The van der Waals surface area contributed by atoms with Crippen molar-refractivity contribution in [1.29, 1.82) is 0 Å². The lowest BCUT2D eigenvalue weighted by Gasteiger charge is -2.16. The zero-order chi connectivity index (χ0) is 14.5. The molecule has 0 bridgehead atoms. The molecule has 1 aromatic carbocycles. The number of rotatable bonds is 7. The van der Waals surface area contributed by atoms with E-state index in [1.54, 1.807) is 0 Å². The number of hydrogen-bond acceptors (Lipinski definition) is 3. The van der Waals surface area contributed by atoms with Crippen molar-refractivity contribution in [3.05, 3.63) is 23.3 Å². The molecule has 0 radical (unpaired) electrons. The SMILES string of the molecule is CCCC(C)NCc1cc2c(cc1OCC)CC(C)O2. The van der Waals surface area contributed by atoms with Crippen LogP contribution in [0, 0.1) is 0 Å². The summed E-state index contributed by atoms with van der Waals surface area (Å²) < 4.78 is 11.6. The van der Waals surface area contributed by atoms with E-state index in [-0.39, 0.29) is 6.10 Å². The van der Waals surface area contributed by atoms with Crippen LogP contribution in [0.5, 0.6) is 11.5 Å². The van der Waals surface area contributed by atoms with Gasteiger partial charge in [-0.15, -0.1) is 0 Å². The summed E-state index contributed by atoms with van der Waals surface area (Å²) in [4.78, 5) is 0. The molecule has 20 heavy (non-hydrogen) atoms. The smallest absolute Gasteiger partial charge is 0.124 e. The molecule has 0 saturated heterocycles. The Kier molecular flexibility index (Phi) is 5.30. The normalized spacial score (nSPS) is 18.5. The summed E-state index contributed by atoms with van der Waals surface area (Å²) in [7, 11) is 0. The Balaban J connectivity index is 2.12. The minimum Gasteiger partial charge on any atom is -0.494 e. The molecule has 1 heterocycles. The zero-order valence-electron chi connectivity index (χ0n) is 13.2. The van der Waals surface area contributed by atoms with Crippen LogP contribution in [0.4, 0.5) is 0 Å². The van der Waals surface area contributed by atoms with Gasteiger partial charge in [-0.1, -0.05) is 13.3 Å². The van der Waals surface area contributed by atoms with Crippen LogP contribution in [0.2, 0.25) is 0 Å². The van der Waals surface area contributed by atoms with Gasteiger partial charge in [-0.2, -0.15) is 0 Å². The van der Waals surface area contributed by atoms with E-state index in [0.717, 1.165) is 24.5 Å². The van der Waals surface area contributed by atoms with Crippen LogP contribution < -0.4 is 14.8 Å². The van der Waals surface area contributed by atoms with Crippen LogP contribution in [0.1, 0.15) is 51.7 Å². The van der Waals surface area contributed by atoms with Crippen LogP contribution in [-0.4, -0.2) is 18.8 Å². The van der Waals surface area contributed by atoms with Gasteiger partial charge >= 0.3 is 0 Å². The fraction of sp³-hybridized carbons (Fsp3) is 0.647. The molecule has 2 atom stereocenters. The van der Waals surface area contributed by atoms with E-state index in [1.807, 2.05) is 6.92 Å². The first-order valence-electron chi connectivity index (χ1n) is 7.82. The van der Waals surface area contributed by atoms with Crippen LogP contribution in [-0.2, 0) is 13.0 Å². The van der Waals surface area contributed by atoms with Gasteiger partial charge in [0.05, 0.1) is 6.61 Å². The monoisotopic (exact) mass is 277 g/mol. The van der Waals surface area contributed by atoms with Crippen molar-refractivity contribution in [2.45, 2.75) is 65.6 Å². The predicted molar refractivity (Wildman–Crippen MR) is 82.6 cm³/mol. The van der Waals surface area contributed by atoms with Crippen molar-refractivity contribution < 1.29 is 9.47 Å². The van der Waals surface area contributed by atoms with Gasteiger partial charge in [0.2, 0.25) is 0 Å². The maximum Gasteiger partial charge on any atom is 0.124 e. The van der Waals surface area contributed by atoms with Gasteiger partial charge < -0.3 is 14.8 Å². The molecule has 0 fully saturated rings. The Morgan fingerprint density at radius 2 is 2.20 bits per heavy atom. The van der Waals surface area contributed by atoms with Crippen LogP contribution in [0.25, 0.3) is 0 Å². The van der Waals surface area contributed by atoms with Crippen molar-refractivity contribution in [3.8, 4) is 11.5 Å². The second-order valence-electron chi connectivity index (χ2n) is 5.70.